The van der Waals surface area contributed by atoms with Gasteiger partial charge in [-0.25, -0.2) is 4.39 Å². The van der Waals surface area contributed by atoms with Crippen LogP contribution < -0.4 is 4.74 Å². The molecule has 0 bridgehead atoms. The number of carboxylic acid groups (broad SMARTS) is 1. The maximum Gasteiger partial charge on any atom is 0.317 e. The highest BCUT2D eigenvalue weighted by molar-refractivity contribution is 5.69. The molecule has 1 fully saturated rings. The lowest BCUT2D eigenvalue weighted by Crippen LogP contribution is -2.36. The van der Waals surface area contributed by atoms with Crippen LogP contribution in [0, 0.1) is 5.82 Å². The lowest BCUT2D eigenvalue weighted by molar-refractivity contribution is -0.138. The van der Waals surface area contributed by atoms with E-state index >= 15 is 0 Å². The molecule has 1 aliphatic heterocycles. The van der Waals surface area contributed by atoms with E-state index in [1.54, 1.807) is 12.1 Å². The van der Waals surface area contributed by atoms with Crippen molar-refractivity contribution in [3.05, 3.63) is 59.9 Å². The minimum atomic E-state index is -0.774. The van der Waals surface area contributed by atoms with Crippen LogP contribution in [0.3, 0.4) is 0 Å². The molecule has 1 unspecified atom stereocenters. The zero-order chi connectivity index (χ0) is 19.9. The maximum absolute atomic E-state index is 13.2. The average molecular weight is 386 g/mol. The van der Waals surface area contributed by atoms with Crippen molar-refractivity contribution < 1.29 is 19.0 Å². The van der Waals surface area contributed by atoms with Gasteiger partial charge >= 0.3 is 5.97 Å². The molecule has 5 nitrogen and oxygen atoms in total. The molecule has 0 radical (unpaired) electrons. The first-order valence-electron chi connectivity index (χ1n) is 9.66. The van der Waals surface area contributed by atoms with Crippen LogP contribution in [0.4, 0.5) is 4.39 Å². The molecule has 0 aromatic heterocycles. The van der Waals surface area contributed by atoms with E-state index < -0.39 is 5.97 Å². The van der Waals surface area contributed by atoms with E-state index in [2.05, 4.69) is 4.90 Å². The number of nitrogens with zero attached hydrogens (tertiary/aromatic N) is 2. The van der Waals surface area contributed by atoms with Crippen LogP contribution in [0.1, 0.15) is 24.8 Å². The van der Waals surface area contributed by atoms with Gasteiger partial charge in [-0.3, -0.25) is 14.6 Å². The Hall–Kier alpha value is -2.44. The van der Waals surface area contributed by atoms with E-state index in [1.807, 2.05) is 36.2 Å². The number of halogens is 1. The Bertz CT molecular complexity index is 782. The molecule has 1 N–H and O–H groups in total. The molecule has 1 atom stereocenters. The van der Waals surface area contributed by atoms with Crippen LogP contribution in [-0.2, 0) is 11.3 Å². The Morgan fingerprint density at radius 3 is 2.68 bits per heavy atom. The normalized spacial score (nSPS) is 18.0. The second-order valence-corrected chi connectivity index (χ2v) is 7.37. The minimum absolute atomic E-state index is 0.0947. The van der Waals surface area contributed by atoms with Gasteiger partial charge in [0.15, 0.2) is 0 Å². The van der Waals surface area contributed by atoms with Crippen LogP contribution in [0.15, 0.2) is 48.5 Å². The number of likely N-dealkylation sites (tertiary alicyclic amines) is 1. The molecular formula is C22H27FN2O3. The van der Waals surface area contributed by atoms with Gasteiger partial charge in [0.1, 0.15) is 17.3 Å². The van der Waals surface area contributed by atoms with Crippen molar-refractivity contribution in [1.82, 2.24) is 9.80 Å². The predicted molar refractivity (Wildman–Crippen MR) is 106 cm³/mol. The van der Waals surface area contributed by atoms with Crippen molar-refractivity contribution in [3.63, 3.8) is 0 Å². The lowest BCUT2D eigenvalue weighted by atomic mass is 10.1. The number of likely N-dealkylation sites (N-methyl/N-ethyl adjacent to an activating group) is 1. The van der Waals surface area contributed by atoms with Gasteiger partial charge in [-0.05, 0) is 69.2 Å². The van der Waals surface area contributed by atoms with Crippen LogP contribution >= 0.6 is 0 Å². The first kappa shape index (κ1) is 20.3. The van der Waals surface area contributed by atoms with E-state index in [0.717, 1.165) is 38.9 Å². The molecule has 6 heteroatoms. The molecule has 0 amide bonds. The van der Waals surface area contributed by atoms with Gasteiger partial charge in [0.2, 0.25) is 0 Å². The number of carbonyl (C=O) groups is 1. The summed E-state index contributed by atoms with van der Waals surface area (Å²) in [5.74, 6) is 0.0732. The fourth-order valence-corrected chi connectivity index (χ4v) is 3.67. The van der Waals surface area contributed by atoms with Crippen molar-refractivity contribution >= 4 is 5.97 Å². The van der Waals surface area contributed by atoms with Gasteiger partial charge in [0.05, 0.1) is 6.54 Å². The summed E-state index contributed by atoms with van der Waals surface area (Å²) < 4.78 is 18.9. The maximum atomic E-state index is 13.2. The molecule has 150 valence electrons. The summed E-state index contributed by atoms with van der Waals surface area (Å²) in [5.41, 5.74) is 1.20. The van der Waals surface area contributed by atoms with Crippen LogP contribution in [-0.4, -0.2) is 53.6 Å². The minimum Gasteiger partial charge on any atom is -0.480 e. The molecule has 1 aliphatic rings. The molecular weight excluding hydrogens is 359 g/mol. The van der Waals surface area contributed by atoms with Crippen molar-refractivity contribution in [1.29, 1.82) is 0 Å². The smallest absolute Gasteiger partial charge is 0.317 e. The zero-order valence-corrected chi connectivity index (χ0v) is 16.2. The molecule has 2 aromatic rings. The summed E-state index contributed by atoms with van der Waals surface area (Å²) in [6.45, 7) is 2.92. The number of ether oxygens (including phenoxy) is 1. The van der Waals surface area contributed by atoms with E-state index in [4.69, 9.17) is 9.84 Å². The number of benzene rings is 2. The zero-order valence-electron chi connectivity index (χ0n) is 16.2. The largest absolute Gasteiger partial charge is 0.480 e. The highest BCUT2D eigenvalue weighted by Crippen LogP contribution is 2.23. The Morgan fingerprint density at radius 1 is 1.18 bits per heavy atom. The van der Waals surface area contributed by atoms with Gasteiger partial charge in [-0.1, -0.05) is 18.2 Å². The number of carboxylic acids is 1. The van der Waals surface area contributed by atoms with Crippen LogP contribution in [0.25, 0.3) is 0 Å². The summed E-state index contributed by atoms with van der Waals surface area (Å²) >= 11 is 0. The number of hydrogen-bond acceptors (Lipinski definition) is 4. The van der Waals surface area contributed by atoms with Crippen molar-refractivity contribution in [2.75, 3.05) is 26.7 Å². The molecule has 0 spiro atoms. The monoisotopic (exact) mass is 386 g/mol. The topological polar surface area (TPSA) is 53.0 Å². The third-order valence-corrected chi connectivity index (χ3v) is 5.16. The molecule has 1 saturated heterocycles. The first-order chi connectivity index (χ1) is 13.5. The van der Waals surface area contributed by atoms with Crippen molar-refractivity contribution in [2.45, 2.75) is 31.8 Å². The third-order valence-electron chi connectivity index (χ3n) is 5.16. The number of aliphatic carboxylic acids is 1. The molecule has 28 heavy (non-hydrogen) atoms. The summed E-state index contributed by atoms with van der Waals surface area (Å²) in [4.78, 5) is 15.3. The molecule has 2 aromatic carbocycles. The van der Waals surface area contributed by atoms with Gasteiger partial charge < -0.3 is 9.84 Å². The Labute approximate surface area is 165 Å². The van der Waals surface area contributed by atoms with Crippen molar-refractivity contribution in [2.24, 2.45) is 0 Å². The molecule has 1 heterocycles. The quantitative estimate of drug-likeness (QED) is 0.780. The number of rotatable bonds is 7. The summed E-state index contributed by atoms with van der Waals surface area (Å²) in [6.07, 6.45) is 3.07. The fourth-order valence-electron chi connectivity index (χ4n) is 3.67. The standard InChI is InChI=1S/C22H27FN2O3/c1-24(16-22(26)27)19-5-3-12-25(13-11-19)15-17-7-9-20(10-8-17)28-21-6-2-4-18(23)14-21/h2,4,6-10,14,19H,3,5,11-13,15-16H2,1H3,(H,26,27). The highest BCUT2D eigenvalue weighted by atomic mass is 19.1. The number of hydrogen-bond donors (Lipinski definition) is 1. The Balaban J connectivity index is 1.52. The second-order valence-electron chi connectivity index (χ2n) is 7.37. The second kappa shape index (κ2) is 9.66. The Morgan fingerprint density at radius 2 is 1.96 bits per heavy atom. The molecule has 0 saturated carbocycles. The van der Waals surface area contributed by atoms with Crippen LogP contribution in [0.5, 0.6) is 11.5 Å². The summed E-state index contributed by atoms with van der Waals surface area (Å²) in [5, 5.41) is 8.98. The SMILES string of the molecule is CN(CC(=O)O)C1CCCN(Cc2ccc(Oc3cccc(F)c3)cc2)CC1. The van der Waals surface area contributed by atoms with Gasteiger partial charge in [0.25, 0.3) is 0 Å². The van der Waals surface area contributed by atoms with E-state index in [0.29, 0.717) is 17.5 Å². The average Bonchev–Trinajstić information content (AvgIpc) is 2.88. The molecule has 0 aliphatic carbocycles. The van der Waals surface area contributed by atoms with E-state index in [-0.39, 0.29) is 12.4 Å². The first-order valence-corrected chi connectivity index (χ1v) is 9.66. The molecule has 3 rings (SSSR count). The van der Waals surface area contributed by atoms with E-state index in [9.17, 15) is 9.18 Å². The summed E-state index contributed by atoms with van der Waals surface area (Å²) in [7, 11) is 1.89. The fraction of sp³-hybridized carbons (Fsp3) is 0.409. The van der Waals surface area contributed by atoms with Crippen LogP contribution in [0.2, 0.25) is 0 Å². The highest BCUT2D eigenvalue weighted by Gasteiger charge is 2.21. The Kier molecular flexibility index (Phi) is 7.01. The lowest BCUT2D eigenvalue weighted by Gasteiger charge is -2.25. The van der Waals surface area contributed by atoms with Gasteiger partial charge in [-0.2, -0.15) is 0 Å². The van der Waals surface area contributed by atoms with Gasteiger partial charge in [-0.15, -0.1) is 0 Å². The predicted octanol–water partition coefficient (Wildman–Crippen LogP) is 3.99. The van der Waals surface area contributed by atoms with E-state index in [1.165, 1.54) is 17.7 Å². The van der Waals surface area contributed by atoms with Gasteiger partial charge in [0, 0.05) is 18.7 Å². The third kappa shape index (κ3) is 6.04. The summed E-state index contributed by atoms with van der Waals surface area (Å²) in [6, 6.07) is 14.3. The van der Waals surface area contributed by atoms with Crippen molar-refractivity contribution in [3.8, 4) is 11.5 Å².